The summed E-state index contributed by atoms with van der Waals surface area (Å²) in [5, 5.41) is 3.64. The monoisotopic (exact) mass is 502 g/mol. The van der Waals surface area contributed by atoms with Crippen LogP contribution in [0.2, 0.25) is 0 Å². The summed E-state index contributed by atoms with van der Waals surface area (Å²) in [7, 11) is 0. The predicted molar refractivity (Wildman–Crippen MR) is 151 cm³/mol. The lowest BCUT2D eigenvalue weighted by atomic mass is 9.68. The number of nitrogens with zero attached hydrogens (tertiary/aromatic N) is 4. The summed E-state index contributed by atoms with van der Waals surface area (Å²) in [6.45, 7) is 9.06. The number of aromatic nitrogens is 3. The Morgan fingerprint density at radius 1 is 1.22 bits per heavy atom. The number of amidine groups is 1. The fraction of sp³-hybridized carbons (Fsp3) is 0.500. The van der Waals surface area contributed by atoms with Crippen LogP contribution in [0.5, 0.6) is 0 Å². The first-order chi connectivity index (χ1) is 18.0. The van der Waals surface area contributed by atoms with E-state index in [1.807, 2.05) is 61.0 Å². The molecule has 2 aliphatic rings. The maximum atomic E-state index is 13.7. The van der Waals surface area contributed by atoms with Crippen molar-refractivity contribution in [2.24, 2.45) is 28.5 Å². The minimum absolute atomic E-state index is 0.0407. The normalized spacial score (nSPS) is 22.6. The topological polar surface area (TPSA) is 104 Å². The van der Waals surface area contributed by atoms with E-state index in [1.54, 1.807) is 0 Å². The van der Waals surface area contributed by atoms with Crippen molar-refractivity contribution in [3.63, 3.8) is 0 Å². The second-order valence-electron chi connectivity index (χ2n) is 10.5. The highest BCUT2D eigenvalue weighted by atomic mass is 16.2. The van der Waals surface area contributed by atoms with Crippen LogP contribution in [0.25, 0.3) is 11.3 Å². The van der Waals surface area contributed by atoms with Crippen LogP contribution in [-0.4, -0.2) is 20.0 Å². The van der Waals surface area contributed by atoms with Gasteiger partial charge in [-0.2, -0.15) is 5.10 Å². The van der Waals surface area contributed by atoms with Gasteiger partial charge in [-0.15, -0.1) is 0 Å². The fourth-order valence-electron chi connectivity index (χ4n) is 6.31. The van der Waals surface area contributed by atoms with Gasteiger partial charge in [0.05, 0.1) is 17.8 Å². The first-order valence-electron chi connectivity index (χ1n) is 13.9. The second kappa shape index (κ2) is 11.4. The van der Waals surface area contributed by atoms with Gasteiger partial charge in [-0.1, -0.05) is 64.4 Å². The summed E-state index contributed by atoms with van der Waals surface area (Å²) in [5.74, 6) is 7.02. The van der Waals surface area contributed by atoms with E-state index in [4.69, 9.17) is 16.6 Å². The number of hydrazone groups is 1. The van der Waals surface area contributed by atoms with Crippen molar-refractivity contribution in [1.82, 2.24) is 14.1 Å². The zero-order chi connectivity index (χ0) is 26.6. The molecule has 0 spiro atoms. The van der Waals surface area contributed by atoms with Crippen molar-refractivity contribution in [2.45, 2.75) is 84.7 Å². The van der Waals surface area contributed by atoms with Crippen LogP contribution in [0, 0.1) is 11.8 Å². The molecule has 3 atom stereocenters. The Labute approximate surface area is 220 Å². The van der Waals surface area contributed by atoms with Crippen molar-refractivity contribution in [1.29, 1.82) is 0 Å². The molecule has 3 aromatic rings. The van der Waals surface area contributed by atoms with E-state index in [0.29, 0.717) is 18.4 Å². The number of pyridine rings is 1. The molecule has 2 saturated carbocycles. The lowest BCUT2D eigenvalue weighted by Crippen LogP contribution is -2.50. The number of hydrogen-bond acceptors (Lipinski definition) is 4. The van der Waals surface area contributed by atoms with Gasteiger partial charge < -0.3 is 11.6 Å². The van der Waals surface area contributed by atoms with E-state index in [2.05, 4.69) is 29.7 Å². The van der Waals surface area contributed by atoms with Crippen molar-refractivity contribution < 1.29 is 0 Å². The van der Waals surface area contributed by atoms with Gasteiger partial charge in [0.1, 0.15) is 0 Å². The molecular formula is C30H42N6O. The van der Waals surface area contributed by atoms with E-state index in [1.165, 1.54) is 12.8 Å². The summed E-state index contributed by atoms with van der Waals surface area (Å²) < 4.78 is 4.09. The molecule has 1 aromatic carbocycles. The number of benzene rings is 1. The van der Waals surface area contributed by atoms with Crippen LogP contribution in [0.1, 0.15) is 83.0 Å². The van der Waals surface area contributed by atoms with Gasteiger partial charge in [-0.05, 0) is 62.0 Å². The lowest BCUT2D eigenvalue weighted by molar-refractivity contribution is 0.0713. The van der Waals surface area contributed by atoms with Crippen molar-refractivity contribution in [3.05, 3.63) is 76.1 Å². The molecule has 7 heteroatoms. The van der Waals surface area contributed by atoms with Crippen LogP contribution in [-0.2, 0) is 18.5 Å². The van der Waals surface area contributed by atoms with Gasteiger partial charge >= 0.3 is 5.69 Å². The van der Waals surface area contributed by atoms with Crippen LogP contribution in [0.15, 0.2) is 58.7 Å². The highest BCUT2D eigenvalue weighted by molar-refractivity contribution is 6.02. The van der Waals surface area contributed by atoms with E-state index >= 15 is 0 Å². The zero-order valence-electron chi connectivity index (χ0n) is 22.8. The van der Waals surface area contributed by atoms with Gasteiger partial charge in [-0.3, -0.25) is 14.1 Å². The highest BCUT2D eigenvalue weighted by Gasteiger charge is 2.54. The van der Waals surface area contributed by atoms with E-state index in [-0.39, 0.29) is 17.1 Å². The largest absolute Gasteiger partial charge is 0.382 e. The maximum absolute atomic E-state index is 13.7. The van der Waals surface area contributed by atoms with E-state index in [0.717, 1.165) is 60.2 Å². The average Bonchev–Trinajstić information content (AvgIpc) is 3.36. The third-order valence-electron chi connectivity index (χ3n) is 8.19. The Hall–Kier alpha value is -3.35. The molecule has 2 fully saturated rings. The second-order valence-corrected chi connectivity index (χ2v) is 10.5. The fourth-order valence-corrected chi connectivity index (χ4v) is 6.31. The number of rotatable bonds is 8. The average molecular weight is 503 g/mol. The minimum Gasteiger partial charge on any atom is -0.382 e. The van der Waals surface area contributed by atoms with Crippen LogP contribution >= 0.6 is 0 Å². The Balaban J connectivity index is 0.00000156. The molecule has 5 rings (SSSR count). The molecule has 198 valence electrons. The molecule has 3 unspecified atom stereocenters. The van der Waals surface area contributed by atoms with Gasteiger partial charge in [0.15, 0.2) is 5.84 Å². The number of aryl methyl sites for hydroxylation is 1. The number of imidazole rings is 1. The van der Waals surface area contributed by atoms with E-state index < -0.39 is 0 Å². The molecule has 0 bridgehead atoms. The third kappa shape index (κ3) is 4.96. The number of nitrogens with two attached hydrogens (primary N) is 2. The summed E-state index contributed by atoms with van der Waals surface area (Å²) in [5.41, 5.74) is 10.7. The van der Waals surface area contributed by atoms with Crippen LogP contribution in [0.3, 0.4) is 0 Å². The SMILES string of the molecule is CC.CCCCc1cn(C23CCC2CC(C)C3)c(=O)n1Cc1ccc(-c2ccccc2/C(N)=N/N)nc1. The van der Waals surface area contributed by atoms with Gasteiger partial charge in [0.25, 0.3) is 0 Å². The molecule has 2 heterocycles. The van der Waals surface area contributed by atoms with Crippen LogP contribution in [0.4, 0.5) is 0 Å². The molecule has 0 saturated heterocycles. The molecule has 2 aliphatic carbocycles. The first kappa shape index (κ1) is 26.7. The predicted octanol–water partition coefficient (Wildman–Crippen LogP) is 5.24. The van der Waals surface area contributed by atoms with Gasteiger partial charge in [0, 0.05) is 29.2 Å². The minimum atomic E-state index is 0.0407. The Bertz CT molecular complexity index is 1290. The van der Waals surface area contributed by atoms with Crippen molar-refractivity contribution in [3.8, 4) is 11.3 Å². The Morgan fingerprint density at radius 3 is 2.62 bits per heavy atom. The molecule has 37 heavy (non-hydrogen) atoms. The Kier molecular flexibility index (Phi) is 8.20. The Morgan fingerprint density at radius 2 is 2.00 bits per heavy atom. The summed E-state index contributed by atoms with van der Waals surface area (Å²) in [4.78, 5) is 18.4. The summed E-state index contributed by atoms with van der Waals surface area (Å²) >= 11 is 0. The summed E-state index contributed by atoms with van der Waals surface area (Å²) in [6, 6.07) is 11.7. The first-order valence-corrected chi connectivity index (χ1v) is 13.9. The van der Waals surface area contributed by atoms with Gasteiger partial charge in [0.2, 0.25) is 0 Å². The lowest BCUT2D eigenvalue weighted by Gasteiger charge is -2.45. The molecule has 7 nitrogen and oxygen atoms in total. The van der Waals surface area contributed by atoms with Crippen LogP contribution < -0.4 is 17.3 Å². The molecule has 0 aliphatic heterocycles. The molecule has 4 N–H and O–H groups in total. The highest BCUT2D eigenvalue weighted by Crippen LogP contribution is 2.57. The molecule has 0 radical (unpaired) electrons. The summed E-state index contributed by atoms with van der Waals surface area (Å²) in [6.07, 6.45) is 11.9. The smallest absolute Gasteiger partial charge is 0.329 e. The third-order valence-corrected chi connectivity index (χ3v) is 8.19. The van der Waals surface area contributed by atoms with Crippen molar-refractivity contribution >= 4 is 5.84 Å². The number of fused-ring (bicyclic) bond motifs is 1. The standard InChI is InChI=1S/C28H36N6O.C2H6/c1-3-4-7-22-18-34(28-13-12-21(28)14-19(2)15-28)27(35)33(22)17-20-10-11-25(31-16-20)23-8-5-6-9-24(23)26(29)32-30;1-2/h5-6,8-11,16,18-19,21H,3-4,7,12-15,17,30H2,1-2H3,(H2,29,32);1-2H3. The molecule has 2 aromatic heterocycles. The maximum Gasteiger partial charge on any atom is 0.329 e. The van der Waals surface area contributed by atoms with E-state index in [9.17, 15) is 4.79 Å². The quantitative estimate of drug-likeness (QED) is 0.190. The molecule has 0 amide bonds. The number of hydrogen-bond donors (Lipinski definition) is 2. The van der Waals surface area contributed by atoms with Gasteiger partial charge in [-0.25, -0.2) is 4.79 Å². The molecular weight excluding hydrogens is 460 g/mol. The van der Waals surface area contributed by atoms with Crippen molar-refractivity contribution in [2.75, 3.05) is 0 Å². The zero-order valence-corrected chi connectivity index (χ0v) is 22.8. The number of unbranched alkanes of at least 4 members (excludes halogenated alkanes) is 1.